The highest BCUT2D eigenvalue weighted by atomic mass is 27.0. The van der Waals surface area contributed by atoms with Crippen LogP contribution in [-0.2, 0) is 0 Å². The number of carboxylic acid groups (broad SMARTS) is 2. The topological polar surface area (TPSA) is 89.0 Å². The molecule has 4 nitrogen and oxygen atoms in total. The van der Waals surface area contributed by atoms with Crippen molar-refractivity contribution in [3.8, 4) is 0 Å². The molecule has 0 aliphatic carbocycles. The second-order valence-electron chi connectivity index (χ2n) is 0.283. The zero-order valence-electron chi connectivity index (χ0n) is 2.30. The van der Waals surface area contributed by atoms with Gasteiger partial charge in [0.15, 0.2) is 17.4 Å². The SMILES string of the molecule is O.O=C(O)O.[AlH3]. The first-order valence-electron chi connectivity index (χ1n) is 0.651. The predicted octanol–water partition coefficient (Wildman–Crippen LogP) is -1.79. The van der Waals surface area contributed by atoms with Crippen LogP contribution in [0.25, 0.3) is 0 Å². The summed E-state index contributed by atoms with van der Waals surface area (Å²) in [4.78, 5) is 8.56. The summed E-state index contributed by atoms with van der Waals surface area (Å²) in [5.41, 5.74) is 0. The van der Waals surface area contributed by atoms with Crippen LogP contribution in [0.3, 0.4) is 0 Å². The van der Waals surface area contributed by atoms with E-state index in [1.807, 2.05) is 0 Å². The lowest BCUT2D eigenvalue weighted by Crippen LogP contribution is -1.81. The van der Waals surface area contributed by atoms with Gasteiger partial charge in [-0.3, -0.25) is 0 Å². The monoisotopic (exact) mass is 110 g/mol. The molecule has 4 N–H and O–H groups in total. The Morgan fingerprint density at radius 2 is 1.33 bits per heavy atom. The second kappa shape index (κ2) is 8.83. The normalized spacial score (nSPS) is 4.00. The van der Waals surface area contributed by atoms with E-state index in [-0.39, 0.29) is 22.8 Å². The first kappa shape index (κ1) is 17.1. The minimum Gasteiger partial charge on any atom is -0.450 e. The van der Waals surface area contributed by atoms with Crippen LogP contribution in [0.15, 0.2) is 0 Å². The summed E-state index contributed by atoms with van der Waals surface area (Å²) >= 11 is 0. The molecule has 0 saturated heterocycles. The van der Waals surface area contributed by atoms with Gasteiger partial charge in [0.1, 0.15) is 0 Å². The van der Waals surface area contributed by atoms with E-state index in [1.54, 1.807) is 0 Å². The van der Waals surface area contributed by atoms with Crippen LogP contribution in [0.4, 0.5) is 4.79 Å². The summed E-state index contributed by atoms with van der Waals surface area (Å²) < 4.78 is 0. The van der Waals surface area contributed by atoms with E-state index >= 15 is 0 Å². The predicted molar refractivity (Wildman–Crippen MR) is 24.2 cm³/mol. The quantitative estimate of drug-likeness (QED) is 0.361. The lowest BCUT2D eigenvalue weighted by Gasteiger charge is -1.60. The van der Waals surface area contributed by atoms with Crippen LogP contribution in [-0.4, -0.2) is 39.2 Å². The van der Waals surface area contributed by atoms with Crippen molar-refractivity contribution in [3.63, 3.8) is 0 Å². The third-order valence-corrected chi connectivity index (χ3v) is 0. The van der Waals surface area contributed by atoms with E-state index in [4.69, 9.17) is 15.0 Å². The first-order chi connectivity index (χ1) is 1.73. The summed E-state index contributed by atoms with van der Waals surface area (Å²) in [5, 5.41) is 13.9. The molecule has 0 atom stereocenters. The summed E-state index contributed by atoms with van der Waals surface area (Å²) in [5.74, 6) is 0. The molecular formula is CH7AlO4. The standard InChI is InChI=1S/CH2O3.Al.H2O.3H/c2-1(3)4;;;;;/h(H2,2,3,4);;1H2;;;. The Bertz CT molecular complexity index is 30.5. The van der Waals surface area contributed by atoms with Gasteiger partial charge < -0.3 is 15.7 Å². The van der Waals surface area contributed by atoms with Crippen LogP contribution in [0.2, 0.25) is 0 Å². The lowest BCUT2D eigenvalue weighted by molar-refractivity contribution is 0.137. The van der Waals surface area contributed by atoms with Crippen LogP contribution < -0.4 is 0 Å². The van der Waals surface area contributed by atoms with Crippen molar-refractivity contribution in [1.82, 2.24) is 0 Å². The number of carbonyl (C=O) groups is 1. The van der Waals surface area contributed by atoms with Crippen molar-refractivity contribution in [2.24, 2.45) is 0 Å². The molecular weight excluding hydrogens is 103 g/mol. The summed E-state index contributed by atoms with van der Waals surface area (Å²) in [7, 11) is 0. The van der Waals surface area contributed by atoms with E-state index in [0.29, 0.717) is 0 Å². The van der Waals surface area contributed by atoms with Gasteiger partial charge in [-0.2, -0.15) is 0 Å². The molecule has 0 radical (unpaired) electrons. The molecule has 0 fully saturated rings. The van der Waals surface area contributed by atoms with Gasteiger partial charge in [-0.25, -0.2) is 4.79 Å². The maximum Gasteiger partial charge on any atom is 0.503 e. The number of hydrogen-bond donors (Lipinski definition) is 2. The van der Waals surface area contributed by atoms with Crippen molar-refractivity contribution in [3.05, 3.63) is 0 Å². The molecule has 38 valence electrons. The molecule has 0 amide bonds. The van der Waals surface area contributed by atoms with Gasteiger partial charge in [0.2, 0.25) is 0 Å². The fourth-order valence-electron chi connectivity index (χ4n) is 0. The maximum atomic E-state index is 8.56. The first-order valence-corrected chi connectivity index (χ1v) is 0.651. The summed E-state index contributed by atoms with van der Waals surface area (Å²) in [6.07, 6.45) is -1.83. The van der Waals surface area contributed by atoms with E-state index in [2.05, 4.69) is 0 Å². The maximum absolute atomic E-state index is 8.56. The van der Waals surface area contributed by atoms with Crippen LogP contribution >= 0.6 is 0 Å². The molecule has 6 heavy (non-hydrogen) atoms. The van der Waals surface area contributed by atoms with Gasteiger partial charge in [-0.05, 0) is 0 Å². The Hall–Kier alpha value is -0.238. The second-order valence-corrected chi connectivity index (χ2v) is 0.283. The molecule has 0 aliphatic heterocycles. The molecule has 0 spiro atoms. The Morgan fingerprint density at radius 3 is 1.33 bits per heavy atom. The Kier molecular flexibility index (Phi) is 25.2. The summed E-state index contributed by atoms with van der Waals surface area (Å²) in [6, 6.07) is 0. The van der Waals surface area contributed by atoms with Crippen molar-refractivity contribution in [1.29, 1.82) is 0 Å². The molecule has 0 aromatic heterocycles. The Morgan fingerprint density at radius 1 is 1.33 bits per heavy atom. The highest BCUT2D eigenvalue weighted by Crippen LogP contribution is 1.42. The highest BCUT2D eigenvalue weighted by molar-refractivity contribution is 5.75. The average molecular weight is 110 g/mol. The smallest absolute Gasteiger partial charge is 0.450 e. The van der Waals surface area contributed by atoms with E-state index in [9.17, 15) is 0 Å². The van der Waals surface area contributed by atoms with Crippen molar-refractivity contribution in [2.45, 2.75) is 0 Å². The zero-order valence-corrected chi connectivity index (χ0v) is 2.30. The minimum atomic E-state index is -1.83. The van der Waals surface area contributed by atoms with E-state index in [1.165, 1.54) is 0 Å². The Balaban J connectivity index is -0.0000000450. The largest absolute Gasteiger partial charge is 0.503 e. The highest BCUT2D eigenvalue weighted by Gasteiger charge is 1.70. The molecule has 0 unspecified atom stereocenters. The van der Waals surface area contributed by atoms with Gasteiger partial charge in [-0.15, -0.1) is 0 Å². The van der Waals surface area contributed by atoms with Gasteiger partial charge in [0.05, 0.1) is 0 Å². The van der Waals surface area contributed by atoms with Gasteiger partial charge in [-0.1, -0.05) is 0 Å². The molecule has 5 heteroatoms. The molecule has 0 aliphatic rings. The average Bonchev–Trinajstić information content (AvgIpc) is 0.811. The molecule has 0 aromatic rings. The third-order valence-electron chi connectivity index (χ3n) is 0. The van der Waals surface area contributed by atoms with Crippen LogP contribution in [0.1, 0.15) is 0 Å². The number of hydrogen-bond acceptors (Lipinski definition) is 1. The zero-order chi connectivity index (χ0) is 3.58. The fourth-order valence-corrected chi connectivity index (χ4v) is 0. The molecule has 0 saturated carbocycles. The molecule has 0 aromatic carbocycles. The van der Waals surface area contributed by atoms with Crippen LogP contribution in [0.5, 0.6) is 0 Å². The molecule has 0 rings (SSSR count). The third kappa shape index (κ3) is 509. The van der Waals surface area contributed by atoms with Gasteiger partial charge in [0.25, 0.3) is 0 Å². The van der Waals surface area contributed by atoms with E-state index in [0.717, 1.165) is 0 Å². The van der Waals surface area contributed by atoms with Crippen molar-refractivity contribution in [2.75, 3.05) is 0 Å². The van der Waals surface area contributed by atoms with Crippen LogP contribution in [0, 0.1) is 0 Å². The number of rotatable bonds is 0. The van der Waals surface area contributed by atoms with E-state index < -0.39 is 6.16 Å². The van der Waals surface area contributed by atoms with Gasteiger partial charge in [0, 0.05) is 0 Å². The molecule has 0 bridgehead atoms. The van der Waals surface area contributed by atoms with Crippen molar-refractivity contribution < 1.29 is 20.5 Å². The minimum absolute atomic E-state index is 0. The Labute approximate surface area is 44.8 Å². The summed E-state index contributed by atoms with van der Waals surface area (Å²) in [6.45, 7) is 0. The fraction of sp³-hybridized carbons (Fsp3) is 0. The lowest BCUT2D eigenvalue weighted by atomic mass is 11.5. The van der Waals surface area contributed by atoms with Gasteiger partial charge >= 0.3 is 6.16 Å². The molecule has 0 heterocycles. The van der Waals surface area contributed by atoms with Crippen molar-refractivity contribution >= 4 is 23.5 Å².